The molecule has 0 bridgehead atoms. The van der Waals surface area contributed by atoms with E-state index in [0.29, 0.717) is 11.5 Å². The minimum absolute atomic E-state index is 0.454. The first-order valence-corrected chi connectivity index (χ1v) is 6.78. The summed E-state index contributed by atoms with van der Waals surface area (Å²) < 4.78 is 5.88. The molecule has 2 aliphatic rings. The van der Waals surface area contributed by atoms with Crippen LogP contribution in [0.4, 0.5) is 0 Å². The van der Waals surface area contributed by atoms with Crippen molar-refractivity contribution < 1.29 is 4.74 Å². The summed E-state index contributed by atoms with van der Waals surface area (Å²) in [6, 6.07) is 0. The molecule has 1 aliphatic heterocycles. The molecule has 1 aliphatic carbocycles. The maximum absolute atomic E-state index is 5.88. The molecule has 3 atom stereocenters. The minimum atomic E-state index is 0.454. The third-order valence-electron chi connectivity index (χ3n) is 5.14. The Hall–Kier alpha value is -0.300. The summed E-state index contributed by atoms with van der Waals surface area (Å²) in [4.78, 5) is 0. The van der Waals surface area contributed by atoms with E-state index < -0.39 is 0 Å². The Balaban J connectivity index is 1.92. The Bertz CT molecular complexity index is 267. The van der Waals surface area contributed by atoms with E-state index in [9.17, 15) is 0 Å². The molecule has 1 heterocycles. The molecule has 92 valence electrons. The van der Waals surface area contributed by atoms with Gasteiger partial charge < -0.3 is 4.74 Å². The van der Waals surface area contributed by atoms with Gasteiger partial charge in [-0.2, -0.15) is 0 Å². The van der Waals surface area contributed by atoms with Crippen LogP contribution in [0.3, 0.4) is 0 Å². The molecule has 2 fully saturated rings. The van der Waals surface area contributed by atoms with Crippen molar-refractivity contribution in [3.63, 3.8) is 0 Å². The highest BCUT2D eigenvalue weighted by atomic mass is 16.5. The topological polar surface area (TPSA) is 9.23 Å². The predicted molar refractivity (Wildman–Crippen MR) is 68.4 cm³/mol. The van der Waals surface area contributed by atoms with E-state index in [1.807, 2.05) is 0 Å². The van der Waals surface area contributed by atoms with Crippen molar-refractivity contribution in [3.8, 4) is 0 Å². The summed E-state index contributed by atoms with van der Waals surface area (Å²) in [5.74, 6) is 1.71. The van der Waals surface area contributed by atoms with E-state index >= 15 is 0 Å². The number of rotatable bonds is 2. The zero-order chi connectivity index (χ0) is 11.8. The van der Waals surface area contributed by atoms with Crippen LogP contribution >= 0.6 is 0 Å². The van der Waals surface area contributed by atoms with Gasteiger partial charge in [0.05, 0.1) is 12.7 Å². The van der Waals surface area contributed by atoms with Gasteiger partial charge in [-0.25, -0.2) is 0 Å². The lowest BCUT2D eigenvalue weighted by Gasteiger charge is -2.35. The van der Waals surface area contributed by atoms with Crippen molar-refractivity contribution in [1.82, 2.24) is 0 Å². The van der Waals surface area contributed by atoms with Crippen LogP contribution in [0.15, 0.2) is 12.2 Å². The lowest BCUT2D eigenvalue weighted by molar-refractivity contribution is 0.00658. The predicted octanol–water partition coefficient (Wildman–Crippen LogP) is 4.18. The molecule has 2 rings (SSSR count). The summed E-state index contributed by atoms with van der Waals surface area (Å²) in [7, 11) is 0. The van der Waals surface area contributed by atoms with Gasteiger partial charge in [-0.15, -0.1) is 0 Å². The molecule has 0 aromatic heterocycles. The second-order valence-corrected chi connectivity index (χ2v) is 6.43. The van der Waals surface area contributed by atoms with Crippen molar-refractivity contribution >= 4 is 0 Å². The summed E-state index contributed by atoms with van der Waals surface area (Å²) in [6.07, 6.45) is 6.65. The van der Waals surface area contributed by atoms with Crippen LogP contribution in [0.5, 0.6) is 0 Å². The van der Waals surface area contributed by atoms with Gasteiger partial charge in [0.2, 0.25) is 0 Å². The Morgan fingerprint density at radius 3 is 2.69 bits per heavy atom. The molecule has 1 saturated heterocycles. The van der Waals surface area contributed by atoms with Crippen molar-refractivity contribution in [3.05, 3.63) is 12.2 Å². The second kappa shape index (κ2) is 4.52. The fourth-order valence-corrected chi connectivity index (χ4v) is 3.34. The van der Waals surface area contributed by atoms with Gasteiger partial charge >= 0.3 is 0 Å². The largest absolute Gasteiger partial charge is 0.378 e. The first kappa shape index (κ1) is 12.2. The molecule has 0 aromatic carbocycles. The molecule has 0 aromatic rings. The first-order valence-electron chi connectivity index (χ1n) is 6.78. The zero-order valence-electron chi connectivity index (χ0n) is 11.1. The molecule has 1 nitrogen and oxygen atoms in total. The Morgan fingerprint density at radius 2 is 2.12 bits per heavy atom. The van der Waals surface area contributed by atoms with Crippen LogP contribution in [0.25, 0.3) is 0 Å². The molecule has 1 saturated carbocycles. The third-order valence-corrected chi connectivity index (χ3v) is 5.14. The molecule has 1 heteroatoms. The van der Waals surface area contributed by atoms with Crippen LogP contribution in [0.2, 0.25) is 0 Å². The zero-order valence-corrected chi connectivity index (χ0v) is 11.1. The quantitative estimate of drug-likeness (QED) is 0.637. The molecule has 0 spiro atoms. The maximum atomic E-state index is 5.88. The minimum Gasteiger partial charge on any atom is -0.378 e. The standard InChI is InChI=1S/C15H26O/c1-11-7-8-16-14(9-11)10-13-6-5-12(2)15(13,3)4/h12-14H,1,5-10H2,2-4H3. The monoisotopic (exact) mass is 222 g/mol. The summed E-state index contributed by atoms with van der Waals surface area (Å²) in [5.41, 5.74) is 1.89. The fourth-order valence-electron chi connectivity index (χ4n) is 3.34. The highest BCUT2D eigenvalue weighted by Gasteiger charge is 2.41. The lowest BCUT2D eigenvalue weighted by Crippen LogP contribution is -2.30. The van der Waals surface area contributed by atoms with Gasteiger partial charge in [0.1, 0.15) is 0 Å². The van der Waals surface area contributed by atoms with E-state index in [-0.39, 0.29) is 0 Å². The van der Waals surface area contributed by atoms with E-state index in [1.165, 1.54) is 24.8 Å². The molecule has 0 radical (unpaired) electrons. The van der Waals surface area contributed by atoms with Crippen molar-refractivity contribution in [2.24, 2.45) is 17.3 Å². The SMILES string of the molecule is C=C1CCOC(CC2CCC(C)C2(C)C)C1. The fraction of sp³-hybridized carbons (Fsp3) is 0.867. The molecule has 0 N–H and O–H groups in total. The van der Waals surface area contributed by atoms with E-state index in [4.69, 9.17) is 4.74 Å². The van der Waals surface area contributed by atoms with Gasteiger partial charge in [-0.3, -0.25) is 0 Å². The van der Waals surface area contributed by atoms with E-state index in [1.54, 1.807) is 0 Å². The van der Waals surface area contributed by atoms with Crippen LogP contribution in [0, 0.1) is 17.3 Å². The van der Waals surface area contributed by atoms with E-state index in [0.717, 1.165) is 31.3 Å². The maximum Gasteiger partial charge on any atom is 0.0615 e. The molecular weight excluding hydrogens is 196 g/mol. The second-order valence-electron chi connectivity index (χ2n) is 6.43. The number of ether oxygens (including phenoxy) is 1. The Morgan fingerprint density at radius 1 is 1.38 bits per heavy atom. The molecule has 3 unspecified atom stereocenters. The van der Waals surface area contributed by atoms with Crippen molar-refractivity contribution in [2.45, 2.75) is 59.0 Å². The van der Waals surface area contributed by atoms with Gasteiger partial charge in [-0.05, 0) is 49.4 Å². The first-order chi connectivity index (χ1) is 7.50. The number of hydrogen-bond acceptors (Lipinski definition) is 1. The molecule has 0 amide bonds. The molecular formula is C15H26O. The van der Waals surface area contributed by atoms with Crippen LogP contribution < -0.4 is 0 Å². The highest BCUT2D eigenvalue weighted by Crippen LogP contribution is 2.49. The van der Waals surface area contributed by atoms with Crippen molar-refractivity contribution in [2.75, 3.05) is 6.61 Å². The normalized spacial score (nSPS) is 38.9. The average Bonchev–Trinajstić information content (AvgIpc) is 2.45. The average molecular weight is 222 g/mol. The summed E-state index contributed by atoms with van der Waals surface area (Å²) in [5, 5.41) is 0. The van der Waals surface area contributed by atoms with Crippen LogP contribution in [-0.2, 0) is 4.74 Å². The summed E-state index contributed by atoms with van der Waals surface area (Å²) in [6.45, 7) is 12.3. The van der Waals surface area contributed by atoms with Crippen LogP contribution in [0.1, 0.15) is 52.9 Å². The van der Waals surface area contributed by atoms with Crippen molar-refractivity contribution in [1.29, 1.82) is 0 Å². The van der Waals surface area contributed by atoms with Crippen LogP contribution in [-0.4, -0.2) is 12.7 Å². The lowest BCUT2D eigenvalue weighted by atomic mass is 9.73. The van der Waals surface area contributed by atoms with Gasteiger partial charge in [0.15, 0.2) is 0 Å². The summed E-state index contributed by atoms with van der Waals surface area (Å²) >= 11 is 0. The Labute approximate surface area is 100 Å². The third kappa shape index (κ3) is 2.34. The van der Waals surface area contributed by atoms with E-state index in [2.05, 4.69) is 27.4 Å². The number of hydrogen-bond donors (Lipinski definition) is 0. The van der Waals surface area contributed by atoms with Gasteiger partial charge in [0, 0.05) is 0 Å². The van der Waals surface area contributed by atoms with Gasteiger partial charge in [0.25, 0.3) is 0 Å². The Kier molecular flexibility index (Phi) is 3.44. The smallest absolute Gasteiger partial charge is 0.0615 e. The highest BCUT2D eigenvalue weighted by molar-refractivity contribution is 5.00. The molecule has 16 heavy (non-hydrogen) atoms. The van der Waals surface area contributed by atoms with Gasteiger partial charge in [-0.1, -0.05) is 32.9 Å².